The van der Waals surface area contributed by atoms with Crippen LogP contribution in [0.3, 0.4) is 0 Å². The smallest absolute Gasteiger partial charge is 0.316 e. The highest BCUT2D eigenvalue weighted by atomic mass is 16.2. The molecule has 8 N–H and O–H groups in total. The molecule has 2 amide bonds. The lowest BCUT2D eigenvalue weighted by atomic mass is 10.0. The van der Waals surface area contributed by atoms with Crippen LogP contribution < -0.4 is 32.7 Å². The molecule has 0 bridgehead atoms. The summed E-state index contributed by atoms with van der Waals surface area (Å²) in [5.74, 6) is 0. The standard InChI is InChI=1S/C15H24N6O/c1-2-5-18-15(22)21-14-4-3-12-13(20-14)6-10(9-19-12)11(7-16)8-17/h3-4,6-7,14,19-20H,2,5,8-9,16-17H2,1H3,(H2,18,21,22)/b11-7+. The highest BCUT2D eigenvalue weighted by Crippen LogP contribution is 2.19. The number of amides is 2. The third-order valence-corrected chi connectivity index (χ3v) is 3.50. The first-order valence-corrected chi connectivity index (χ1v) is 7.47. The lowest BCUT2D eigenvalue weighted by Crippen LogP contribution is -2.50. The van der Waals surface area contributed by atoms with Gasteiger partial charge in [0.15, 0.2) is 0 Å². The van der Waals surface area contributed by atoms with E-state index in [4.69, 9.17) is 11.5 Å². The monoisotopic (exact) mass is 304 g/mol. The highest BCUT2D eigenvalue weighted by molar-refractivity contribution is 5.74. The molecule has 0 fully saturated rings. The van der Waals surface area contributed by atoms with Gasteiger partial charge in [0, 0.05) is 19.6 Å². The average molecular weight is 304 g/mol. The van der Waals surface area contributed by atoms with Crippen molar-refractivity contribution in [3.05, 3.63) is 47.0 Å². The van der Waals surface area contributed by atoms with Crippen molar-refractivity contribution in [1.29, 1.82) is 0 Å². The van der Waals surface area contributed by atoms with Crippen LogP contribution in [0, 0.1) is 0 Å². The number of carbonyl (C=O) groups excluding carboxylic acids is 1. The molecule has 1 atom stereocenters. The molecule has 1 unspecified atom stereocenters. The molecule has 2 aliphatic heterocycles. The summed E-state index contributed by atoms with van der Waals surface area (Å²) in [4.78, 5) is 11.7. The third kappa shape index (κ3) is 3.82. The van der Waals surface area contributed by atoms with E-state index in [1.165, 1.54) is 6.20 Å². The summed E-state index contributed by atoms with van der Waals surface area (Å²) in [6, 6.07) is -0.189. The van der Waals surface area contributed by atoms with Crippen molar-refractivity contribution in [3.63, 3.8) is 0 Å². The number of hydrogen-bond acceptors (Lipinski definition) is 5. The van der Waals surface area contributed by atoms with E-state index < -0.39 is 0 Å². The SMILES string of the molecule is CCCNC(=O)NC1C=CC2=C(C=C(/C(=C/N)CN)CN2)N1. The topological polar surface area (TPSA) is 117 Å². The van der Waals surface area contributed by atoms with Crippen LogP contribution in [0.4, 0.5) is 4.79 Å². The number of carbonyl (C=O) groups is 1. The molecule has 2 rings (SSSR count). The van der Waals surface area contributed by atoms with E-state index >= 15 is 0 Å². The summed E-state index contributed by atoms with van der Waals surface area (Å²) in [5, 5.41) is 12.2. The molecule has 0 radical (unpaired) electrons. The Labute approximate surface area is 130 Å². The second-order valence-corrected chi connectivity index (χ2v) is 5.13. The lowest BCUT2D eigenvalue weighted by molar-refractivity contribution is 0.237. The molecular formula is C15H24N6O. The number of nitrogens with one attached hydrogen (secondary N) is 4. The summed E-state index contributed by atoms with van der Waals surface area (Å²) in [5.41, 5.74) is 15.1. The number of allylic oxidation sites excluding steroid dienone is 2. The van der Waals surface area contributed by atoms with E-state index in [2.05, 4.69) is 21.3 Å². The minimum Gasteiger partial charge on any atom is -0.404 e. The number of dihydropyridines is 2. The zero-order chi connectivity index (χ0) is 15.9. The van der Waals surface area contributed by atoms with E-state index in [1.54, 1.807) is 0 Å². The molecule has 0 aromatic heterocycles. The fraction of sp³-hybridized carbons (Fsp3) is 0.400. The zero-order valence-corrected chi connectivity index (χ0v) is 12.8. The van der Waals surface area contributed by atoms with Crippen LogP contribution in [-0.4, -0.2) is 31.8 Å². The largest absolute Gasteiger partial charge is 0.404 e. The van der Waals surface area contributed by atoms with Gasteiger partial charge in [-0.25, -0.2) is 4.79 Å². The summed E-state index contributed by atoms with van der Waals surface area (Å²) in [6.45, 7) is 3.74. The van der Waals surface area contributed by atoms with E-state index in [0.29, 0.717) is 19.6 Å². The number of urea groups is 1. The van der Waals surface area contributed by atoms with E-state index in [9.17, 15) is 4.79 Å². The van der Waals surface area contributed by atoms with Crippen LogP contribution in [0.1, 0.15) is 13.3 Å². The van der Waals surface area contributed by atoms with Crippen molar-refractivity contribution in [2.24, 2.45) is 11.5 Å². The Bertz CT molecular complexity index is 546. The Balaban J connectivity index is 2.02. The van der Waals surface area contributed by atoms with Gasteiger partial charge in [-0.1, -0.05) is 6.92 Å². The number of hydrogen-bond donors (Lipinski definition) is 6. The molecule has 0 aliphatic carbocycles. The van der Waals surface area contributed by atoms with Gasteiger partial charge >= 0.3 is 6.03 Å². The fourth-order valence-corrected chi connectivity index (χ4v) is 2.29. The Morgan fingerprint density at radius 2 is 2.32 bits per heavy atom. The molecule has 2 aliphatic rings. The predicted octanol–water partition coefficient (Wildman–Crippen LogP) is -0.276. The van der Waals surface area contributed by atoms with E-state index in [-0.39, 0.29) is 12.2 Å². The maximum absolute atomic E-state index is 11.7. The normalized spacial score (nSPS) is 20.5. The van der Waals surface area contributed by atoms with Crippen molar-refractivity contribution >= 4 is 6.03 Å². The maximum atomic E-state index is 11.7. The van der Waals surface area contributed by atoms with Gasteiger partial charge in [0.25, 0.3) is 0 Å². The van der Waals surface area contributed by atoms with Gasteiger partial charge < -0.3 is 32.7 Å². The fourth-order valence-electron chi connectivity index (χ4n) is 2.29. The molecule has 7 nitrogen and oxygen atoms in total. The highest BCUT2D eigenvalue weighted by Gasteiger charge is 2.20. The molecule has 0 saturated heterocycles. The first-order chi connectivity index (χ1) is 10.7. The minimum atomic E-state index is -0.254. The first-order valence-electron chi connectivity index (χ1n) is 7.47. The first kappa shape index (κ1) is 16.0. The van der Waals surface area contributed by atoms with Crippen molar-refractivity contribution in [3.8, 4) is 0 Å². The molecule has 0 aromatic rings. The van der Waals surface area contributed by atoms with E-state index in [1.807, 2.05) is 25.2 Å². The average Bonchev–Trinajstić information content (AvgIpc) is 2.53. The van der Waals surface area contributed by atoms with Crippen molar-refractivity contribution < 1.29 is 4.79 Å². The molecule has 2 heterocycles. The molecule has 120 valence electrons. The maximum Gasteiger partial charge on any atom is 0.316 e. The summed E-state index contributed by atoms with van der Waals surface area (Å²) < 4.78 is 0. The summed E-state index contributed by atoms with van der Waals surface area (Å²) in [7, 11) is 0. The zero-order valence-electron chi connectivity index (χ0n) is 12.8. The van der Waals surface area contributed by atoms with Crippen LogP contribution in [0.5, 0.6) is 0 Å². The van der Waals surface area contributed by atoms with Gasteiger partial charge in [-0.05, 0) is 42.0 Å². The Morgan fingerprint density at radius 1 is 1.50 bits per heavy atom. The summed E-state index contributed by atoms with van der Waals surface area (Å²) in [6.07, 6.45) is 8.05. The number of nitrogens with two attached hydrogens (primary N) is 2. The molecule has 0 saturated carbocycles. The molecule has 7 heteroatoms. The summed E-state index contributed by atoms with van der Waals surface area (Å²) >= 11 is 0. The quantitative estimate of drug-likeness (QED) is 0.418. The van der Waals surface area contributed by atoms with E-state index in [0.717, 1.165) is 29.0 Å². The van der Waals surface area contributed by atoms with Gasteiger partial charge in [-0.15, -0.1) is 0 Å². The van der Waals surface area contributed by atoms with Crippen LogP contribution in [0.2, 0.25) is 0 Å². The van der Waals surface area contributed by atoms with Crippen molar-refractivity contribution in [2.75, 3.05) is 19.6 Å². The minimum absolute atomic E-state index is 0.189. The Morgan fingerprint density at radius 3 is 3.00 bits per heavy atom. The van der Waals surface area contributed by atoms with Crippen LogP contribution >= 0.6 is 0 Å². The van der Waals surface area contributed by atoms with Gasteiger partial charge in [0.1, 0.15) is 6.17 Å². The molecule has 0 aromatic carbocycles. The van der Waals surface area contributed by atoms with Crippen molar-refractivity contribution in [1.82, 2.24) is 21.3 Å². The second-order valence-electron chi connectivity index (χ2n) is 5.13. The third-order valence-electron chi connectivity index (χ3n) is 3.50. The van der Waals surface area contributed by atoms with Crippen LogP contribution in [-0.2, 0) is 0 Å². The van der Waals surface area contributed by atoms with Gasteiger partial charge in [0.05, 0.1) is 11.4 Å². The van der Waals surface area contributed by atoms with Crippen LogP contribution in [0.15, 0.2) is 47.0 Å². The Kier molecular flexibility index (Phi) is 5.48. The number of rotatable bonds is 5. The van der Waals surface area contributed by atoms with Gasteiger partial charge in [0.2, 0.25) is 0 Å². The molecular weight excluding hydrogens is 280 g/mol. The van der Waals surface area contributed by atoms with Gasteiger partial charge in [-0.2, -0.15) is 0 Å². The van der Waals surface area contributed by atoms with Gasteiger partial charge in [-0.3, -0.25) is 0 Å². The predicted molar refractivity (Wildman–Crippen MR) is 87.3 cm³/mol. The van der Waals surface area contributed by atoms with Crippen LogP contribution in [0.25, 0.3) is 0 Å². The Hall–Kier alpha value is -2.41. The van der Waals surface area contributed by atoms with Crippen molar-refractivity contribution in [2.45, 2.75) is 19.5 Å². The second kappa shape index (κ2) is 7.56. The lowest BCUT2D eigenvalue weighted by Gasteiger charge is -2.29. The molecule has 0 spiro atoms. The molecule has 22 heavy (non-hydrogen) atoms.